The molecule has 0 aliphatic carbocycles. The summed E-state index contributed by atoms with van der Waals surface area (Å²) in [5.41, 5.74) is 8.04. The molecular weight excluding hydrogens is 230 g/mol. The lowest BCUT2D eigenvalue weighted by Gasteiger charge is -2.08. The van der Waals surface area contributed by atoms with Gasteiger partial charge in [-0.25, -0.2) is 9.78 Å². The number of carbonyl (C=O) groups excluding carboxylic acids is 1. The summed E-state index contributed by atoms with van der Waals surface area (Å²) in [6.45, 7) is 4.01. The fourth-order valence-electron chi connectivity index (χ4n) is 1.74. The number of esters is 1. The van der Waals surface area contributed by atoms with Gasteiger partial charge in [0.05, 0.1) is 12.3 Å². The number of nitrogens with zero attached hydrogens (tertiary/aromatic N) is 2. The average Bonchev–Trinajstić information content (AvgIpc) is 2.72. The van der Waals surface area contributed by atoms with E-state index < -0.39 is 5.97 Å². The molecule has 0 aliphatic heterocycles. The van der Waals surface area contributed by atoms with Gasteiger partial charge >= 0.3 is 5.97 Å². The van der Waals surface area contributed by atoms with Gasteiger partial charge in [-0.05, 0) is 25.5 Å². The van der Waals surface area contributed by atoms with Crippen molar-refractivity contribution in [3.63, 3.8) is 0 Å². The summed E-state index contributed by atoms with van der Waals surface area (Å²) in [4.78, 5) is 15.6. The summed E-state index contributed by atoms with van der Waals surface area (Å²) in [5.74, 6) is -0.204. The normalized spacial score (nSPS) is 10.3. The topological polar surface area (TPSA) is 70.1 Å². The van der Waals surface area contributed by atoms with Crippen LogP contribution in [-0.4, -0.2) is 22.1 Å². The maximum Gasteiger partial charge on any atom is 0.360 e. The summed E-state index contributed by atoms with van der Waals surface area (Å²) in [7, 11) is 0. The molecule has 0 amide bonds. The van der Waals surface area contributed by atoms with Crippen molar-refractivity contribution in [1.29, 1.82) is 0 Å². The Morgan fingerprint density at radius 1 is 1.44 bits per heavy atom. The van der Waals surface area contributed by atoms with Gasteiger partial charge in [0.2, 0.25) is 0 Å². The van der Waals surface area contributed by atoms with Crippen LogP contribution in [0.4, 0.5) is 5.82 Å². The van der Waals surface area contributed by atoms with Crippen molar-refractivity contribution in [3.8, 4) is 5.69 Å². The summed E-state index contributed by atoms with van der Waals surface area (Å²) >= 11 is 0. The van der Waals surface area contributed by atoms with Gasteiger partial charge in [-0.2, -0.15) is 0 Å². The molecule has 0 atom stereocenters. The van der Waals surface area contributed by atoms with Crippen LogP contribution in [0.25, 0.3) is 5.69 Å². The lowest BCUT2D eigenvalue weighted by Crippen LogP contribution is -2.09. The molecule has 0 saturated carbocycles. The summed E-state index contributed by atoms with van der Waals surface area (Å²) < 4.78 is 6.58. The fourth-order valence-corrected chi connectivity index (χ4v) is 1.74. The lowest BCUT2D eigenvalue weighted by atomic mass is 10.2. The molecule has 0 saturated heterocycles. The Kier molecular flexibility index (Phi) is 3.32. The molecule has 0 spiro atoms. The fraction of sp³-hybridized carbons (Fsp3) is 0.231. The van der Waals surface area contributed by atoms with Crippen molar-refractivity contribution >= 4 is 11.8 Å². The molecule has 1 heterocycles. The highest BCUT2D eigenvalue weighted by Crippen LogP contribution is 2.20. The second-order valence-electron chi connectivity index (χ2n) is 3.86. The van der Waals surface area contributed by atoms with E-state index in [-0.39, 0.29) is 5.69 Å². The quantitative estimate of drug-likeness (QED) is 0.839. The van der Waals surface area contributed by atoms with Crippen LogP contribution < -0.4 is 5.73 Å². The van der Waals surface area contributed by atoms with Gasteiger partial charge in [0.1, 0.15) is 12.1 Å². The van der Waals surface area contributed by atoms with E-state index in [1.165, 1.54) is 6.33 Å². The van der Waals surface area contributed by atoms with Crippen LogP contribution in [0.3, 0.4) is 0 Å². The SMILES string of the molecule is CCOC(=O)c1ncn(-c2ccccc2C)c1N. The number of aryl methyl sites for hydroxylation is 1. The number of nitrogens with two attached hydrogens (primary N) is 1. The van der Waals surface area contributed by atoms with Crippen molar-refractivity contribution in [2.75, 3.05) is 12.3 Å². The predicted molar refractivity (Wildman–Crippen MR) is 68.7 cm³/mol. The van der Waals surface area contributed by atoms with E-state index in [1.807, 2.05) is 31.2 Å². The van der Waals surface area contributed by atoms with Crippen molar-refractivity contribution in [2.24, 2.45) is 0 Å². The van der Waals surface area contributed by atoms with E-state index in [9.17, 15) is 4.79 Å². The highest BCUT2D eigenvalue weighted by atomic mass is 16.5. The maximum absolute atomic E-state index is 11.6. The van der Waals surface area contributed by atoms with Gasteiger partial charge in [-0.1, -0.05) is 18.2 Å². The first-order valence-electron chi connectivity index (χ1n) is 5.71. The standard InChI is InChI=1S/C13H15N3O2/c1-3-18-13(17)11-12(14)16(8-15-11)10-7-5-4-6-9(10)2/h4-8H,3,14H2,1-2H3. The van der Waals surface area contributed by atoms with Gasteiger partial charge in [-0.3, -0.25) is 4.57 Å². The molecule has 0 radical (unpaired) electrons. The summed E-state index contributed by atoms with van der Waals surface area (Å²) in [5, 5.41) is 0. The highest BCUT2D eigenvalue weighted by Gasteiger charge is 2.17. The van der Waals surface area contributed by atoms with E-state index in [4.69, 9.17) is 10.5 Å². The lowest BCUT2D eigenvalue weighted by molar-refractivity contribution is 0.0521. The number of rotatable bonds is 3. The van der Waals surface area contributed by atoms with E-state index >= 15 is 0 Å². The molecule has 2 rings (SSSR count). The minimum atomic E-state index is -0.498. The molecule has 0 aliphatic rings. The molecule has 1 aromatic carbocycles. The number of imidazole rings is 1. The molecule has 5 nitrogen and oxygen atoms in total. The first-order valence-corrected chi connectivity index (χ1v) is 5.71. The van der Waals surface area contributed by atoms with Gasteiger partial charge in [0, 0.05) is 0 Å². The molecule has 1 aromatic heterocycles. The van der Waals surface area contributed by atoms with E-state index in [2.05, 4.69) is 4.98 Å². The van der Waals surface area contributed by atoms with Crippen LogP contribution in [0, 0.1) is 6.92 Å². The monoisotopic (exact) mass is 245 g/mol. The smallest absolute Gasteiger partial charge is 0.360 e. The largest absolute Gasteiger partial charge is 0.461 e. The first-order chi connectivity index (χ1) is 8.65. The van der Waals surface area contributed by atoms with Gasteiger partial charge in [-0.15, -0.1) is 0 Å². The molecule has 0 bridgehead atoms. The molecule has 94 valence electrons. The second-order valence-corrected chi connectivity index (χ2v) is 3.86. The van der Waals surface area contributed by atoms with Crippen LogP contribution in [0.1, 0.15) is 23.0 Å². The number of carbonyl (C=O) groups is 1. The van der Waals surface area contributed by atoms with Crippen LogP contribution in [0.2, 0.25) is 0 Å². The van der Waals surface area contributed by atoms with Gasteiger partial charge in [0.15, 0.2) is 5.69 Å². The van der Waals surface area contributed by atoms with E-state index in [0.29, 0.717) is 12.4 Å². The average molecular weight is 245 g/mol. The minimum Gasteiger partial charge on any atom is -0.461 e. The van der Waals surface area contributed by atoms with Crippen molar-refractivity contribution < 1.29 is 9.53 Å². The number of anilines is 1. The van der Waals surface area contributed by atoms with Crippen LogP contribution in [-0.2, 0) is 4.74 Å². The Balaban J connectivity index is 2.43. The summed E-state index contributed by atoms with van der Waals surface area (Å²) in [6.07, 6.45) is 1.53. The number of hydrogen-bond acceptors (Lipinski definition) is 4. The Morgan fingerprint density at radius 2 is 2.17 bits per heavy atom. The van der Waals surface area contributed by atoms with E-state index in [1.54, 1.807) is 11.5 Å². The Hall–Kier alpha value is -2.30. The first kappa shape index (κ1) is 12.2. The molecular formula is C13H15N3O2. The number of para-hydroxylation sites is 1. The number of benzene rings is 1. The molecule has 2 aromatic rings. The molecule has 0 fully saturated rings. The van der Waals surface area contributed by atoms with Crippen molar-refractivity contribution in [1.82, 2.24) is 9.55 Å². The van der Waals surface area contributed by atoms with Gasteiger partial charge in [0.25, 0.3) is 0 Å². The zero-order valence-corrected chi connectivity index (χ0v) is 10.4. The third-order valence-electron chi connectivity index (χ3n) is 2.65. The number of aromatic nitrogens is 2. The molecule has 2 N–H and O–H groups in total. The zero-order valence-electron chi connectivity index (χ0n) is 10.4. The Morgan fingerprint density at radius 3 is 2.83 bits per heavy atom. The number of nitrogen functional groups attached to an aromatic ring is 1. The number of ether oxygens (including phenoxy) is 1. The second kappa shape index (κ2) is 4.91. The third kappa shape index (κ3) is 2.07. The van der Waals surface area contributed by atoms with E-state index in [0.717, 1.165) is 11.3 Å². The Bertz CT molecular complexity index is 575. The molecule has 18 heavy (non-hydrogen) atoms. The molecule has 5 heteroatoms. The van der Waals surface area contributed by atoms with Crippen LogP contribution >= 0.6 is 0 Å². The zero-order chi connectivity index (χ0) is 13.1. The summed E-state index contributed by atoms with van der Waals surface area (Å²) in [6, 6.07) is 7.74. The Labute approximate surface area is 105 Å². The molecule has 0 unspecified atom stereocenters. The minimum absolute atomic E-state index is 0.153. The van der Waals surface area contributed by atoms with Crippen molar-refractivity contribution in [2.45, 2.75) is 13.8 Å². The predicted octanol–water partition coefficient (Wildman–Crippen LogP) is 1.94. The number of hydrogen-bond donors (Lipinski definition) is 1. The van der Waals surface area contributed by atoms with Crippen molar-refractivity contribution in [3.05, 3.63) is 41.9 Å². The third-order valence-corrected chi connectivity index (χ3v) is 2.65. The van der Waals surface area contributed by atoms with Crippen LogP contribution in [0.15, 0.2) is 30.6 Å². The van der Waals surface area contributed by atoms with Crippen LogP contribution in [0.5, 0.6) is 0 Å². The highest BCUT2D eigenvalue weighted by molar-refractivity contribution is 5.92. The van der Waals surface area contributed by atoms with Gasteiger partial charge < -0.3 is 10.5 Å². The maximum atomic E-state index is 11.6.